The Labute approximate surface area is 123 Å². The molecular weight excluding hydrogens is 271 g/mol. The van der Waals surface area contributed by atoms with Gasteiger partial charge < -0.3 is 16.2 Å². The van der Waals surface area contributed by atoms with Gasteiger partial charge in [-0.1, -0.05) is 6.42 Å². The predicted molar refractivity (Wildman–Crippen MR) is 79.8 cm³/mol. The highest BCUT2D eigenvalue weighted by atomic mass is 19.1. The number of carboxylic acid groups (broad SMARTS) is 1. The van der Waals surface area contributed by atoms with Crippen molar-refractivity contribution in [3.63, 3.8) is 0 Å². The Hall–Kier alpha value is -1.78. The summed E-state index contributed by atoms with van der Waals surface area (Å²) < 4.78 is 13.8. The van der Waals surface area contributed by atoms with Gasteiger partial charge in [0, 0.05) is 6.04 Å². The van der Waals surface area contributed by atoms with Crippen LogP contribution in [0.3, 0.4) is 0 Å². The van der Waals surface area contributed by atoms with Crippen LogP contribution in [0.15, 0.2) is 12.1 Å². The first-order chi connectivity index (χ1) is 9.95. The fourth-order valence-electron chi connectivity index (χ4n) is 4.14. The number of fused-ring (bicyclic) bond motifs is 2. The van der Waals surface area contributed by atoms with Crippen LogP contribution < -0.4 is 11.1 Å². The van der Waals surface area contributed by atoms with Crippen LogP contribution >= 0.6 is 0 Å². The molecule has 2 bridgehead atoms. The number of benzene rings is 1. The molecule has 0 heterocycles. The topological polar surface area (TPSA) is 75.3 Å². The third-order valence-corrected chi connectivity index (χ3v) is 5.19. The van der Waals surface area contributed by atoms with E-state index in [1.54, 1.807) is 0 Å². The van der Waals surface area contributed by atoms with Crippen molar-refractivity contribution in [3.8, 4) is 0 Å². The molecule has 2 aliphatic rings. The number of rotatable bonds is 4. The summed E-state index contributed by atoms with van der Waals surface area (Å²) in [6.45, 7) is 2.10. The minimum atomic E-state index is -1.30. The largest absolute Gasteiger partial charge is 0.478 e. The second-order valence-corrected chi connectivity index (χ2v) is 6.50. The van der Waals surface area contributed by atoms with Crippen LogP contribution in [0.1, 0.15) is 43.0 Å². The molecule has 2 aliphatic carbocycles. The van der Waals surface area contributed by atoms with Crippen molar-refractivity contribution in [2.75, 3.05) is 11.1 Å². The lowest BCUT2D eigenvalue weighted by molar-refractivity contribution is 0.0692. The first-order valence-corrected chi connectivity index (χ1v) is 7.54. The van der Waals surface area contributed by atoms with Gasteiger partial charge in [0.25, 0.3) is 0 Å². The molecule has 4 N–H and O–H groups in total. The summed E-state index contributed by atoms with van der Waals surface area (Å²) in [5.74, 6) is 0.172. The van der Waals surface area contributed by atoms with Crippen LogP contribution in [-0.4, -0.2) is 17.1 Å². The van der Waals surface area contributed by atoms with Gasteiger partial charge in [-0.15, -0.1) is 0 Å². The second-order valence-electron chi connectivity index (χ2n) is 6.50. The lowest BCUT2D eigenvalue weighted by Crippen LogP contribution is -2.30. The fraction of sp³-hybridized carbons (Fsp3) is 0.562. The maximum absolute atomic E-state index is 13.8. The highest BCUT2D eigenvalue weighted by Gasteiger charge is 2.41. The maximum Gasteiger partial charge on any atom is 0.338 e. The van der Waals surface area contributed by atoms with E-state index in [-0.39, 0.29) is 17.3 Å². The molecule has 2 fully saturated rings. The number of nitrogens with one attached hydrogen (secondary N) is 1. The van der Waals surface area contributed by atoms with E-state index in [2.05, 4.69) is 12.2 Å². The molecule has 0 saturated heterocycles. The molecule has 5 heteroatoms. The van der Waals surface area contributed by atoms with Gasteiger partial charge in [-0.05, 0) is 56.1 Å². The third kappa shape index (κ3) is 2.57. The number of nitrogen functional groups attached to an aromatic ring is 1. The van der Waals surface area contributed by atoms with E-state index in [4.69, 9.17) is 10.8 Å². The van der Waals surface area contributed by atoms with Crippen LogP contribution in [0.5, 0.6) is 0 Å². The average molecular weight is 292 g/mol. The van der Waals surface area contributed by atoms with Crippen molar-refractivity contribution in [1.29, 1.82) is 0 Å². The van der Waals surface area contributed by atoms with Gasteiger partial charge in [-0.2, -0.15) is 0 Å². The number of carboxylic acids is 1. The molecule has 4 unspecified atom stereocenters. The predicted octanol–water partition coefficient (Wildman–Crippen LogP) is 3.34. The smallest absolute Gasteiger partial charge is 0.338 e. The van der Waals surface area contributed by atoms with E-state index in [0.717, 1.165) is 11.8 Å². The monoisotopic (exact) mass is 292 g/mol. The third-order valence-electron chi connectivity index (χ3n) is 5.19. The summed E-state index contributed by atoms with van der Waals surface area (Å²) in [6.07, 6.45) is 5.19. The van der Waals surface area contributed by atoms with E-state index in [1.165, 1.54) is 37.8 Å². The van der Waals surface area contributed by atoms with Gasteiger partial charge in [0.1, 0.15) is 5.82 Å². The van der Waals surface area contributed by atoms with Gasteiger partial charge >= 0.3 is 5.97 Å². The number of halogens is 1. The Morgan fingerprint density at radius 2 is 2.19 bits per heavy atom. The summed E-state index contributed by atoms with van der Waals surface area (Å²) in [6, 6.07) is 2.61. The van der Waals surface area contributed by atoms with Crippen molar-refractivity contribution in [3.05, 3.63) is 23.5 Å². The summed E-state index contributed by atoms with van der Waals surface area (Å²) in [5, 5.41) is 12.2. The fourth-order valence-corrected chi connectivity index (χ4v) is 4.14. The molecule has 0 aromatic heterocycles. The number of nitrogens with two attached hydrogens (primary N) is 1. The van der Waals surface area contributed by atoms with Crippen LogP contribution in [-0.2, 0) is 0 Å². The summed E-state index contributed by atoms with van der Waals surface area (Å²) in [7, 11) is 0. The van der Waals surface area contributed by atoms with Gasteiger partial charge in [0.2, 0.25) is 0 Å². The number of anilines is 2. The van der Waals surface area contributed by atoms with E-state index >= 15 is 0 Å². The van der Waals surface area contributed by atoms with Gasteiger partial charge in [-0.25, -0.2) is 9.18 Å². The van der Waals surface area contributed by atoms with E-state index in [9.17, 15) is 9.18 Å². The van der Waals surface area contributed by atoms with Crippen LogP contribution in [0.25, 0.3) is 0 Å². The molecule has 4 atom stereocenters. The molecule has 0 spiro atoms. The maximum atomic E-state index is 13.8. The molecule has 1 aromatic rings. The Morgan fingerprint density at radius 1 is 1.43 bits per heavy atom. The first kappa shape index (κ1) is 14.2. The average Bonchev–Trinajstić information content (AvgIpc) is 3.04. The molecule has 1 aromatic carbocycles. The molecule has 0 radical (unpaired) electrons. The van der Waals surface area contributed by atoms with Crippen molar-refractivity contribution < 1.29 is 14.3 Å². The van der Waals surface area contributed by atoms with Crippen molar-refractivity contribution in [2.24, 2.45) is 17.8 Å². The Kier molecular flexibility index (Phi) is 3.51. The molecular formula is C16H21FN2O2. The molecule has 114 valence electrons. The normalized spacial score (nSPS) is 28.6. The molecule has 4 nitrogen and oxygen atoms in total. The highest BCUT2D eigenvalue weighted by Crippen LogP contribution is 2.50. The van der Waals surface area contributed by atoms with Crippen molar-refractivity contribution in [2.45, 2.75) is 38.6 Å². The summed E-state index contributed by atoms with van der Waals surface area (Å²) in [5.41, 5.74) is 6.25. The highest BCUT2D eigenvalue weighted by molar-refractivity contribution is 5.90. The van der Waals surface area contributed by atoms with Gasteiger partial charge in [0.15, 0.2) is 0 Å². The summed E-state index contributed by atoms with van der Waals surface area (Å²) >= 11 is 0. The molecule has 21 heavy (non-hydrogen) atoms. The molecule has 0 amide bonds. The standard InChI is InChI=1S/C16H21FN2O2/c1-8(11-5-9-2-3-10(11)4-9)19-15-7-13(17)12(16(20)21)6-14(15)18/h6-11,19H,2-5,18H2,1H3,(H,20,21). The SMILES string of the molecule is CC(Nc1cc(F)c(C(=O)O)cc1N)C1CC2CCC1C2. The van der Waals surface area contributed by atoms with Crippen molar-refractivity contribution >= 4 is 17.3 Å². The lowest BCUT2D eigenvalue weighted by atomic mass is 9.84. The Bertz CT molecular complexity index is 576. The number of hydrogen-bond donors (Lipinski definition) is 3. The van der Waals surface area contributed by atoms with Gasteiger partial charge in [-0.3, -0.25) is 0 Å². The minimum Gasteiger partial charge on any atom is -0.478 e. The van der Waals surface area contributed by atoms with Gasteiger partial charge in [0.05, 0.1) is 16.9 Å². The Morgan fingerprint density at radius 3 is 2.76 bits per heavy atom. The quantitative estimate of drug-likeness (QED) is 0.744. The van der Waals surface area contributed by atoms with Crippen LogP contribution in [0, 0.1) is 23.6 Å². The van der Waals surface area contributed by atoms with E-state index in [1.807, 2.05) is 0 Å². The lowest BCUT2D eigenvalue weighted by Gasteiger charge is -2.29. The number of hydrogen-bond acceptors (Lipinski definition) is 3. The Balaban J connectivity index is 1.75. The molecule has 0 aliphatic heterocycles. The van der Waals surface area contributed by atoms with E-state index < -0.39 is 11.8 Å². The molecule has 3 rings (SSSR count). The van der Waals surface area contributed by atoms with Crippen LogP contribution in [0.2, 0.25) is 0 Å². The first-order valence-electron chi connectivity index (χ1n) is 7.54. The van der Waals surface area contributed by atoms with E-state index in [0.29, 0.717) is 11.6 Å². The second kappa shape index (κ2) is 5.20. The zero-order chi connectivity index (χ0) is 15.1. The molecule has 2 saturated carbocycles. The zero-order valence-corrected chi connectivity index (χ0v) is 12.1. The number of carbonyl (C=O) groups is 1. The minimum absolute atomic E-state index is 0.220. The zero-order valence-electron chi connectivity index (χ0n) is 12.1. The van der Waals surface area contributed by atoms with Crippen LogP contribution in [0.4, 0.5) is 15.8 Å². The number of aromatic carboxylic acids is 1. The van der Waals surface area contributed by atoms with Crippen molar-refractivity contribution in [1.82, 2.24) is 0 Å². The summed E-state index contributed by atoms with van der Waals surface area (Å²) in [4.78, 5) is 10.9.